The van der Waals surface area contributed by atoms with Crippen LogP contribution in [0, 0.1) is 5.92 Å². The van der Waals surface area contributed by atoms with Crippen molar-refractivity contribution in [2.45, 2.75) is 44.6 Å². The second kappa shape index (κ2) is 8.71. The number of rotatable bonds is 9. The van der Waals surface area contributed by atoms with Gasteiger partial charge in [0.25, 0.3) is 0 Å². The summed E-state index contributed by atoms with van der Waals surface area (Å²) in [5, 5.41) is 3.05. The minimum atomic E-state index is -0.557. The Hall–Kier alpha value is -0.650. The molecular formula is C16H34N4O. The average Bonchev–Trinajstić information content (AvgIpc) is 2.44. The van der Waals surface area contributed by atoms with Gasteiger partial charge in [0.1, 0.15) is 0 Å². The summed E-state index contributed by atoms with van der Waals surface area (Å²) in [6.07, 6.45) is 5.62. The molecule has 1 unspecified atom stereocenters. The third-order valence-corrected chi connectivity index (χ3v) is 4.83. The fourth-order valence-electron chi connectivity index (χ4n) is 3.09. The van der Waals surface area contributed by atoms with E-state index in [-0.39, 0.29) is 5.91 Å². The van der Waals surface area contributed by atoms with Gasteiger partial charge in [0.2, 0.25) is 5.91 Å². The van der Waals surface area contributed by atoms with E-state index in [0.717, 1.165) is 31.7 Å². The second-order valence-electron chi connectivity index (χ2n) is 6.95. The minimum absolute atomic E-state index is 0.255. The van der Waals surface area contributed by atoms with E-state index in [1.54, 1.807) is 7.05 Å². The zero-order valence-electron chi connectivity index (χ0n) is 14.3. The Morgan fingerprint density at radius 2 is 1.95 bits per heavy atom. The molecule has 0 radical (unpaired) electrons. The molecule has 1 aliphatic heterocycles. The molecule has 1 fully saturated rings. The van der Waals surface area contributed by atoms with Crippen molar-refractivity contribution in [3.8, 4) is 0 Å². The molecule has 5 nitrogen and oxygen atoms in total. The molecule has 0 spiro atoms. The molecule has 0 aliphatic carbocycles. The topological polar surface area (TPSA) is 61.6 Å². The summed E-state index contributed by atoms with van der Waals surface area (Å²) in [5.74, 6) is 0.605. The van der Waals surface area contributed by atoms with Crippen LogP contribution < -0.4 is 11.1 Å². The smallest absolute Gasteiger partial charge is 0.237 e. The van der Waals surface area contributed by atoms with Gasteiger partial charge in [-0.1, -0.05) is 0 Å². The minimum Gasteiger partial charge on any atom is -0.368 e. The quantitative estimate of drug-likeness (QED) is 0.621. The first-order chi connectivity index (χ1) is 9.87. The highest BCUT2D eigenvalue weighted by molar-refractivity contribution is 5.84. The standard InChI is InChI=1S/C16H34N4O/c1-16(18-2,15(17)21)9-5-6-10-20-11-7-14(8-12-20)13-19(3)4/h14,18H,5-13H2,1-4H3,(H2,17,21). The maximum atomic E-state index is 11.4. The third-order valence-electron chi connectivity index (χ3n) is 4.83. The third kappa shape index (κ3) is 6.32. The predicted molar refractivity (Wildman–Crippen MR) is 88.2 cm³/mol. The van der Waals surface area contributed by atoms with Gasteiger partial charge in [-0.2, -0.15) is 0 Å². The lowest BCUT2D eigenvalue weighted by Crippen LogP contribution is -2.51. The lowest BCUT2D eigenvalue weighted by Gasteiger charge is -2.33. The van der Waals surface area contributed by atoms with Crippen molar-refractivity contribution in [2.24, 2.45) is 11.7 Å². The number of likely N-dealkylation sites (N-methyl/N-ethyl adjacent to an activating group) is 1. The SMILES string of the molecule is CNC(C)(CCCCN1CCC(CN(C)C)CC1)C(N)=O. The zero-order valence-corrected chi connectivity index (χ0v) is 14.3. The van der Waals surface area contributed by atoms with Crippen LogP contribution in [0.25, 0.3) is 0 Å². The predicted octanol–water partition coefficient (Wildman–Crippen LogP) is 0.894. The van der Waals surface area contributed by atoms with Crippen LogP contribution in [0.1, 0.15) is 39.0 Å². The van der Waals surface area contributed by atoms with E-state index >= 15 is 0 Å². The van der Waals surface area contributed by atoms with Gasteiger partial charge >= 0.3 is 0 Å². The van der Waals surface area contributed by atoms with Crippen LogP contribution in [-0.2, 0) is 4.79 Å². The van der Waals surface area contributed by atoms with Crippen LogP contribution in [0.2, 0.25) is 0 Å². The summed E-state index contributed by atoms with van der Waals surface area (Å²) in [6, 6.07) is 0. The lowest BCUT2D eigenvalue weighted by molar-refractivity contribution is -0.123. The summed E-state index contributed by atoms with van der Waals surface area (Å²) in [7, 11) is 6.12. The van der Waals surface area contributed by atoms with Crippen molar-refractivity contribution in [1.29, 1.82) is 0 Å². The summed E-state index contributed by atoms with van der Waals surface area (Å²) >= 11 is 0. The number of carbonyl (C=O) groups is 1. The molecule has 1 atom stereocenters. The summed E-state index contributed by atoms with van der Waals surface area (Å²) in [6.45, 7) is 6.69. The number of nitrogens with two attached hydrogens (primary N) is 1. The van der Waals surface area contributed by atoms with Gasteiger partial charge < -0.3 is 20.9 Å². The van der Waals surface area contributed by atoms with Crippen LogP contribution in [0.4, 0.5) is 0 Å². The van der Waals surface area contributed by atoms with Gasteiger partial charge in [-0.3, -0.25) is 4.79 Å². The van der Waals surface area contributed by atoms with Crippen LogP contribution in [0.15, 0.2) is 0 Å². The highest BCUT2D eigenvalue weighted by atomic mass is 16.1. The average molecular weight is 298 g/mol. The van der Waals surface area contributed by atoms with Crippen molar-refractivity contribution >= 4 is 5.91 Å². The van der Waals surface area contributed by atoms with Crippen LogP contribution in [0.3, 0.4) is 0 Å². The largest absolute Gasteiger partial charge is 0.368 e. The number of carbonyl (C=O) groups excluding carboxylic acids is 1. The normalized spacial score (nSPS) is 20.6. The van der Waals surface area contributed by atoms with Gasteiger partial charge in [-0.15, -0.1) is 0 Å². The number of unbranched alkanes of at least 4 members (excludes halogenated alkanes) is 1. The number of hydrogen-bond acceptors (Lipinski definition) is 4. The maximum Gasteiger partial charge on any atom is 0.237 e. The monoisotopic (exact) mass is 298 g/mol. The van der Waals surface area contributed by atoms with Crippen LogP contribution in [-0.4, -0.2) is 68.6 Å². The number of primary amides is 1. The van der Waals surface area contributed by atoms with E-state index < -0.39 is 5.54 Å². The highest BCUT2D eigenvalue weighted by Crippen LogP contribution is 2.19. The van der Waals surface area contributed by atoms with Crippen molar-refractivity contribution in [2.75, 3.05) is 47.3 Å². The van der Waals surface area contributed by atoms with Crippen molar-refractivity contribution < 1.29 is 4.79 Å². The van der Waals surface area contributed by atoms with Gasteiger partial charge in [-0.05, 0) is 85.7 Å². The Labute approximate surface area is 130 Å². The van der Waals surface area contributed by atoms with Crippen molar-refractivity contribution in [1.82, 2.24) is 15.1 Å². The van der Waals surface area contributed by atoms with E-state index in [1.807, 2.05) is 6.92 Å². The zero-order chi connectivity index (χ0) is 15.9. The summed E-state index contributed by atoms with van der Waals surface area (Å²) < 4.78 is 0. The van der Waals surface area contributed by atoms with E-state index in [2.05, 4.69) is 29.2 Å². The Morgan fingerprint density at radius 1 is 1.33 bits per heavy atom. The molecule has 1 amide bonds. The molecule has 0 aromatic heterocycles. The first-order valence-corrected chi connectivity index (χ1v) is 8.23. The Kier molecular flexibility index (Phi) is 7.63. The summed E-state index contributed by atoms with van der Waals surface area (Å²) in [4.78, 5) is 16.3. The van der Waals surface area contributed by atoms with E-state index in [9.17, 15) is 4.79 Å². The van der Waals surface area contributed by atoms with Crippen LogP contribution in [0.5, 0.6) is 0 Å². The van der Waals surface area contributed by atoms with Crippen molar-refractivity contribution in [3.05, 3.63) is 0 Å². The van der Waals surface area contributed by atoms with Gasteiger partial charge in [0, 0.05) is 6.54 Å². The van der Waals surface area contributed by atoms with Gasteiger partial charge in [0.15, 0.2) is 0 Å². The molecule has 1 heterocycles. The lowest BCUT2D eigenvalue weighted by atomic mass is 9.93. The van der Waals surface area contributed by atoms with Gasteiger partial charge in [0.05, 0.1) is 5.54 Å². The van der Waals surface area contributed by atoms with E-state index in [1.165, 1.54) is 32.5 Å². The van der Waals surface area contributed by atoms with Gasteiger partial charge in [-0.25, -0.2) is 0 Å². The molecule has 1 aliphatic rings. The molecule has 0 bridgehead atoms. The molecular weight excluding hydrogens is 264 g/mol. The molecule has 5 heteroatoms. The number of amides is 1. The first kappa shape index (κ1) is 18.4. The molecule has 1 rings (SSSR count). The Balaban J connectivity index is 2.16. The number of nitrogens with one attached hydrogen (secondary N) is 1. The molecule has 0 aromatic rings. The fraction of sp³-hybridized carbons (Fsp3) is 0.938. The number of likely N-dealkylation sites (tertiary alicyclic amines) is 1. The fourth-order valence-corrected chi connectivity index (χ4v) is 3.09. The second-order valence-corrected chi connectivity index (χ2v) is 6.95. The molecule has 0 saturated carbocycles. The Bertz CT molecular complexity index is 313. The summed E-state index contributed by atoms with van der Waals surface area (Å²) in [5.41, 5.74) is 4.89. The Morgan fingerprint density at radius 3 is 2.43 bits per heavy atom. The number of hydrogen-bond donors (Lipinski definition) is 2. The molecule has 1 saturated heterocycles. The molecule has 21 heavy (non-hydrogen) atoms. The molecule has 124 valence electrons. The maximum absolute atomic E-state index is 11.4. The molecule has 0 aromatic carbocycles. The number of piperidine rings is 1. The number of nitrogens with zero attached hydrogens (tertiary/aromatic N) is 2. The van der Waals surface area contributed by atoms with Crippen molar-refractivity contribution in [3.63, 3.8) is 0 Å². The van der Waals surface area contributed by atoms with E-state index in [0.29, 0.717) is 0 Å². The van der Waals surface area contributed by atoms with Crippen LogP contribution >= 0.6 is 0 Å². The highest BCUT2D eigenvalue weighted by Gasteiger charge is 2.28. The van der Waals surface area contributed by atoms with E-state index in [4.69, 9.17) is 5.73 Å². The molecule has 3 N–H and O–H groups in total. The first-order valence-electron chi connectivity index (χ1n) is 8.23.